The van der Waals surface area contributed by atoms with E-state index in [9.17, 15) is 4.79 Å². The molecule has 0 spiro atoms. The van der Waals surface area contributed by atoms with Crippen molar-refractivity contribution in [2.24, 2.45) is 5.92 Å². The van der Waals surface area contributed by atoms with E-state index < -0.39 is 0 Å². The number of aromatic nitrogens is 1. The number of rotatable bonds is 8. The van der Waals surface area contributed by atoms with Crippen molar-refractivity contribution < 1.29 is 9.53 Å². The fraction of sp³-hybridized carbons (Fsp3) is 0.647. The molecule has 1 aliphatic heterocycles. The van der Waals surface area contributed by atoms with Gasteiger partial charge in [-0.3, -0.25) is 14.7 Å². The number of carbonyl (C=O) groups is 1. The summed E-state index contributed by atoms with van der Waals surface area (Å²) in [5.41, 5.74) is 1.07. The molecule has 1 aromatic heterocycles. The maximum absolute atomic E-state index is 12.0. The van der Waals surface area contributed by atoms with Crippen molar-refractivity contribution in [2.45, 2.75) is 19.5 Å². The molecule has 1 fully saturated rings. The zero-order valence-corrected chi connectivity index (χ0v) is 14.4. The van der Waals surface area contributed by atoms with Crippen LogP contribution < -0.4 is 5.32 Å². The Labute approximate surface area is 138 Å². The molecule has 1 amide bonds. The van der Waals surface area contributed by atoms with Crippen LogP contribution in [-0.2, 0) is 16.1 Å². The molecular formula is C17H28N4O2. The largest absolute Gasteiger partial charge is 0.372 e. The van der Waals surface area contributed by atoms with Crippen molar-refractivity contribution in [2.75, 3.05) is 46.9 Å². The molecule has 6 nitrogen and oxygen atoms in total. The average molecular weight is 320 g/mol. The van der Waals surface area contributed by atoms with Crippen molar-refractivity contribution in [3.63, 3.8) is 0 Å². The van der Waals surface area contributed by atoms with Crippen LogP contribution in [0.2, 0.25) is 0 Å². The van der Waals surface area contributed by atoms with Gasteiger partial charge in [-0.05, 0) is 33.2 Å². The number of hydrogen-bond acceptors (Lipinski definition) is 5. The zero-order chi connectivity index (χ0) is 16.7. The van der Waals surface area contributed by atoms with Gasteiger partial charge in [0.25, 0.3) is 0 Å². The lowest BCUT2D eigenvalue weighted by Gasteiger charge is -2.22. The molecule has 2 atom stereocenters. The summed E-state index contributed by atoms with van der Waals surface area (Å²) in [4.78, 5) is 20.9. The number of nitrogens with one attached hydrogen (secondary N) is 1. The second-order valence-electron chi connectivity index (χ2n) is 6.35. The fourth-order valence-electron chi connectivity index (χ4n) is 3.07. The molecule has 1 N–H and O–H groups in total. The normalized spacial score (nSPS) is 21.7. The van der Waals surface area contributed by atoms with Crippen LogP contribution in [0.4, 0.5) is 0 Å². The minimum absolute atomic E-state index is 0.0275. The molecule has 1 aliphatic rings. The molecule has 2 heterocycles. The summed E-state index contributed by atoms with van der Waals surface area (Å²) in [6.45, 7) is 6.20. The number of carbonyl (C=O) groups excluding carboxylic acids is 1. The Morgan fingerprint density at radius 2 is 2.26 bits per heavy atom. The third kappa shape index (κ3) is 5.89. The Kier molecular flexibility index (Phi) is 6.95. The van der Waals surface area contributed by atoms with Crippen LogP contribution >= 0.6 is 0 Å². The predicted molar refractivity (Wildman–Crippen MR) is 90.0 cm³/mol. The highest BCUT2D eigenvalue weighted by Gasteiger charge is 2.34. The molecule has 2 rings (SSSR count). The second kappa shape index (κ2) is 8.96. The van der Waals surface area contributed by atoms with Gasteiger partial charge in [0.1, 0.15) is 6.61 Å². The van der Waals surface area contributed by atoms with E-state index >= 15 is 0 Å². The lowest BCUT2D eigenvalue weighted by atomic mass is 10.0. The summed E-state index contributed by atoms with van der Waals surface area (Å²) in [5, 5.41) is 3.13. The van der Waals surface area contributed by atoms with E-state index in [1.54, 1.807) is 0 Å². The van der Waals surface area contributed by atoms with E-state index in [1.807, 2.05) is 31.3 Å². The van der Waals surface area contributed by atoms with Gasteiger partial charge in [-0.1, -0.05) is 6.07 Å². The maximum Gasteiger partial charge on any atom is 0.246 e. The van der Waals surface area contributed by atoms with Crippen LogP contribution in [0.1, 0.15) is 12.6 Å². The van der Waals surface area contributed by atoms with Crippen LogP contribution in [0.25, 0.3) is 0 Å². The number of hydrogen-bond donors (Lipinski definition) is 1. The Morgan fingerprint density at radius 3 is 2.91 bits per heavy atom. The maximum atomic E-state index is 12.0. The van der Waals surface area contributed by atoms with Crippen LogP contribution in [0, 0.1) is 5.92 Å². The Morgan fingerprint density at radius 1 is 1.43 bits per heavy atom. The molecule has 1 saturated heterocycles. The van der Waals surface area contributed by atoms with Gasteiger partial charge < -0.3 is 15.0 Å². The van der Waals surface area contributed by atoms with E-state index in [2.05, 4.69) is 34.2 Å². The molecule has 0 bridgehead atoms. The van der Waals surface area contributed by atoms with Crippen LogP contribution in [0.15, 0.2) is 24.4 Å². The molecular weight excluding hydrogens is 292 g/mol. The van der Waals surface area contributed by atoms with Crippen molar-refractivity contribution in [3.8, 4) is 0 Å². The smallest absolute Gasteiger partial charge is 0.246 e. The van der Waals surface area contributed by atoms with Crippen molar-refractivity contribution >= 4 is 5.91 Å². The Hall–Kier alpha value is -1.50. The number of ether oxygens (including phenoxy) is 1. The first kappa shape index (κ1) is 17.8. The number of nitrogens with zero attached hydrogens (tertiary/aromatic N) is 3. The van der Waals surface area contributed by atoms with Crippen LogP contribution in [0.5, 0.6) is 0 Å². The van der Waals surface area contributed by atoms with Crippen molar-refractivity contribution in [1.29, 1.82) is 0 Å². The first-order valence-electron chi connectivity index (χ1n) is 8.22. The van der Waals surface area contributed by atoms with E-state index in [-0.39, 0.29) is 18.6 Å². The summed E-state index contributed by atoms with van der Waals surface area (Å²) >= 11 is 0. The summed E-state index contributed by atoms with van der Waals surface area (Å²) < 4.78 is 5.20. The molecule has 0 unspecified atom stereocenters. The third-order valence-corrected chi connectivity index (χ3v) is 4.01. The van der Waals surface area contributed by atoms with E-state index in [1.165, 1.54) is 0 Å². The Bertz CT molecular complexity index is 481. The van der Waals surface area contributed by atoms with E-state index in [4.69, 9.17) is 4.74 Å². The summed E-state index contributed by atoms with van der Waals surface area (Å²) in [6.07, 6.45) is 1.82. The quantitative estimate of drug-likeness (QED) is 0.760. The Balaban J connectivity index is 1.93. The van der Waals surface area contributed by atoms with Crippen LogP contribution in [0.3, 0.4) is 0 Å². The highest BCUT2D eigenvalue weighted by molar-refractivity contribution is 5.77. The SMILES string of the molecule is CCOCC(=O)N[C@@H]1CN(Cc2ccccn2)C[C@H]1CN(C)C. The topological polar surface area (TPSA) is 57.7 Å². The van der Waals surface area contributed by atoms with Gasteiger partial charge in [0.2, 0.25) is 5.91 Å². The van der Waals surface area contributed by atoms with Crippen LogP contribution in [-0.4, -0.2) is 73.7 Å². The molecule has 1 aromatic rings. The highest BCUT2D eigenvalue weighted by atomic mass is 16.5. The number of pyridine rings is 1. The van der Waals surface area contributed by atoms with Gasteiger partial charge in [-0.2, -0.15) is 0 Å². The molecule has 23 heavy (non-hydrogen) atoms. The molecule has 0 aromatic carbocycles. The average Bonchev–Trinajstić information content (AvgIpc) is 2.86. The fourth-order valence-corrected chi connectivity index (χ4v) is 3.07. The van der Waals surface area contributed by atoms with E-state index in [0.29, 0.717) is 12.5 Å². The van der Waals surface area contributed by atoms with Crippen molar-refractivity contribution in [3.05, 3.63) is 30.1 Å². The molecule has 0 saturated carbocycles. The predicted octanol–water partition coefficient (Wildman–Crippen LogP) is 0.596. The summed E-state index contributed by atoms with van der Waals surface area (Å²) in [7, 11) is 4.14. The first-order chi connectivity index (χ1) is 11.1. The lowest BCUT2D eigenvalue weighted by molar-refractivity contribution is -0.126. The number of likely N-dealkylation sites (tertiary alicyclic amines) is 1. The molecule has 0 aliphatic carbocycles. The minimum atomic E-state index is -0.0275. The second-order valence-corrected chi connectivity index (χ2v) is 6.35. The van der Waals surface area contributed by atoms with Gasteiger partial charge in [0.05, 0.1) is 5.69 Å². The first-order valence-corrected chi connectivity index (χ1v) is 8.22. The van der Waals surface area contributed by atoms with Crippen molar-refractivity contribution in [1.82, 2.24) is 20.1 Å². The summed E-state index contributed by atoms with van der Waals surface area (Å²) in [5.74, 6) is 0.389. The minimum Gasteiger partial charge on any atom is -0.372 e. The zero-order valence-electron chi connectivity index (χ0n) is 14.4. The standard InChI is InChI=1S/C17H28N4O2/c1-4-23-13-17(22)19-16-12-21(10-14(16)9-20(2)3)11-15-7-5-6-8-18-15/h5-8,14,16H,4,9-13H2,1-3H3,(H,19,22)/t14-,16-/m1/s1. The third-order valence-electron chi connectivity index (χ3n) is 4.01. The van der Waals surface area contributed by atoms with E-state index in [0.717, 1.165) is 31.9 Å². The van der Waals surface area contributed by atoms with Gasteiger partial charge in [0.15, 0.2) is 0 Å². The molecule has 6 heteroatoms. The van der Waals surface area contributed by atoms with Gasteiger partial charge in [-0.15, -0.1) is 0 Å². The number of amides is 1. The monoisotopic (exact) mass is 320 g/mol. The van der Waals surface area contributed by atoms with Gasteiger partial charge >= 0.3 is 0 Å². The highest BCUT2D eigenvalue weighted by Crippen LogP contribution is 2.19. The lowest BCUT2D eigenvalue weighted by Crippen LogP contribution is -2.44. The molecule has 0 radical (unpaired) electrons. The molecule has 128 valence electrons. The van der Waals surface area contributed by atoms with Gasteiger partial charge in [-0.25, -0.2) is 0 Å². The van der Waals surface area contributed by atoms with Gasteiger partial charge in [0, 0.05) is 50.9 Å². The summed E-state index contributed by atoms with van der Waals surface area (Å²) in [6, 6.07) is 6.15.